The molecule has 1 N–H and O–H groups in total. The highest BCUT2D eigenvalue weighted by molar-refractivity contribution is 5.75. The topological polar surface area (TPSA) is 37.3 Å². The molecule has 1 fully saturated rings. The van der Waals surface area contributed by atoms with E-state index in [1.165, 1.54) is 12.1 Å². The van der Waals surface area contributed by atoms with E-state index in [0.717, 1.165) is 0 Å². The molecule has 0 radical (unpaired) electrons. The van der Waals surface area contributed by atoms with Crippen molar-refractivity contribution in [2.45, 2.75) is 38.5 Å². The first-order chi connectivity index (χ1) is 8.81. The number of carboxylic acid groups (broad SMARTS) is 1. The maximum Gasteiger partial charge on any atom is 0.307 e. The second-order valence-electron chi connectivity index (χ2n) is 5.71. The molecule has 1 aromatic rings. The molecule has 0 amide bonds. The number of benzene rings is 1. The highest BCUT2D eigenvalue weighted by Crippen LogP contribution is 2.48. The Labute approximate surface area is 111 Å². The van der Waals surface area contributed by atoms with Crippen LogP contribution in [-0.4, -0.2) is 11.1 Å². The molecule has 104 valence electrons. The minimum absolute atomic E-state index is 0.00487. The van der Waals surface area contributed by atoms with Gasteiger partial charge in [0.2, 0.25) is 0 Å². The largest absolute Gasteiger partial charge is 0.481 e. The van der Waals surface area contributed by atoms with Crippen molar-refractivity contribution in [1.29, 1.82) is 0 Å². The number of carboxylic acids is 1. The van der Waals surface area contributed by atoms with E-state index in [2.05, 4.69) is 0 Å². The van der Waals surface area contributed by atoms with Gasteiger partial charge in [-0.2, -0.15) is 0 Å². The van der Waals surface area contributed by atoms with Gasteiger partial charge in [0.15, 0.2) is 0 Å². The van der Waals surface area contributed by atoms with Gasteiger partial charge in [-0.1, -0.05) is 32.0 Å². The van der Waals surface area contributed by atoms with Crippen molar-refractivity contribution in [2.75, 3.05) is 0 Å². The second kappa shape index (κ2) is 4.91. The summed E-state index contributed by atoms with van der Waals surface area (Å²) in [5.41, 5.74) is 0.711. The molecular formula is C15H18F2O2. The smallest absolute Gasteiger partial charge is 0.307 e. The van der Waals surface area contributed by atoms with Gasteiger partial charge in [0, 0.05) is 12.0 Å². The van der Waals surface area contributed by atoms with Gasteiger partial charge in [0.05, 0.1) is 5.92 Å². The summed E-state index contributed by atoms with van der Waals surface area (Å²) in [4.78, 5) is 10.8. The zero-order valence-electron chi connectivity index (χ0n) is 11.1. The van der Waals surface area contributed by atoms with Crippen LogP contribution in [0.2, 0.25) is 0 Å². The lowest BCUT2D eigenvalue weighted by molar-refractivity contribution is -0.138. The minimum atomic E-state index is -2.85. The molecule has 0 spiro atoms. The number of hydrogen-bond donors (Lipinski definition) is 1. The van der Waals surface area contributed by atoms with Crippen molar-refractivity contribution in [3.05, 3.63) is 35.4 Å². The number of halogens is 2. The second-order valence-corrected chi connectivity index (χ2v) is 5.71. The van der Waals surface area contributed by atoms with Gasteiger partial charge >= 0.3 is 5.97 Å². The molecule has 1 aromatic carbocycles. The van der Waals surface area contributed by atoms with Gasteiger partial charge in [-0.05, 0) is 29.9 Å². The Hall–Kier alpha value is -1.45. The monoisotopic (exact) mass is 268 g/mol. The lowest BCUT2D eigenvalue weighted by Gasteiger charge is -2.19. The molecule has 2 nitrogen and oxygen atoms in total. The van der Waals surface area contributed by atoms with Crippen LogP contribution in [0.1, 0.15) is 43.7 Å². The van der Waals surface area contributed by atoms with E-state index in [1.54, 1.807) is 26.0 Å². The number of aliphatic carboxylic acids is 1. The van der Waals surface area contributed by atoms with E-state index >= 15 is 0 Å². The Balaban J connectivity index is 2.18. The maximum absolute atomic E-state index is 14.0. The summed E-state index contributed by atoms with van der Waals surface area (Å²) in [7, 11) is 0. The van der Waals surface area contributed by atoms with Gasteiger partial charge in [0.1, 0.15) is 0 Å². The van der Waals surface area contributed by atoms with Crippen LogP contribution in [0.5, 0.6) is 0 Å². The van der Waals surface area contributed by atoms with Crippen LogP contribution in [0.3, 0.4) is 0 Å². The first kappa shape index (κ1) is 14.0. The fraction of sp³-hybridized carbons (Fsp3) is 0.533. The highest BCUT2D eigenvalue weighted by atomic mass is 19.3. The van der Waals surface area contributed by atoms with E-state index in [1.807, 2.05) is 0 Å². The van der Waals surface area contributed by atoms with Crippen molar-refractivity contribution in [1.82, 2.24) is 0 Å². The molecule has 0 saturated heterocycles. The number of carbonyl (C=O) groups is 1. The molecule has 0 bridgehead atoms. The summed E-state index contributed by atoms with van der Waals surface area (Å²) in [5, 5.41) is 8.88. The van der Waals surface area contributed by atoms with Crippen LogP contribution in [0.4, 0.5) is 8.78 Å². The first-order valence-electron chi connectivity index (χ1n) is 6.52. The Morgan fingerprint density at radius 2 is 2.16 bits per heavy atom. The van der Waals surface area contributed by atoms with Crippen LogP contribution in [0.25, 0.3) is 0 Å². The van der Waals surface area contributed by atoms with Crippen LogP contribution >= 0.6 is 0 Å². The molecule has 0 aliphatic heterocycles. The third-order valence-corrected chi connectivity index (χ3v) is 3.51. The molecule has 19 heavy (non-hydrogen) atoms. The third kappa shape index (κ3) is 3.11. The Morgan fingerprint density at radius 3 is 2.68 bits per heavy atom. The Morgan fingerprint density at radius 1 is 1.47 bits per heavy atom. The van der Waals surface area contributed by atoms with E-state index in [4.69, 9.17) is 5.11 Å². The van der Waals surface area contributed by atoms with Crippen molar-refractivity contribution in [2.24, 2.45) is 11.8 Å². The Bertz CT molecular complexity index is 483. The predicted molar refractivity (Wildman–Crippen MR) is 68.3 cm³/mol. The number of hydrogen-bond acceptors (Lipinski definition) is 1. The average molecular weight is 268 g/mol. The standard InChI is InChI=1S/C15H18F2O2/c1-9(2)8-15(16,17)11-5-3-4-10(6-11)12-7-13(12)14(18)19/h3-6,9,12-13H,7-8H2,1-2H3,(H,18,19). The van der Waals surface area contributed by atoms with Crippen LogP contribution in [0.15, 0.2) is 24.3 Å². The van der Waals surface area contributed by atoms with Crippen LogP contribution in [0, 0.1) is 11.8 Å². The summed E-state index contributed by atoms with van der Waals surface area (Å²) in [6.07, 6.45) is 0.359. The van der Waals surface area contributed by atoms with Gasteiger partial charge in [0.25, 0.3) is 5.92 Å². The quantitative estimate of drug-likeness (QED) is 0.876. The van der Waals surface area contributed by atoms with Crippen LogP contribution in [-0.2, 0) is 10.7 Å². The zero-order valence-corrected chi connectivity index (χ0v) is 11.1. The molecule has 4 heteroatoms. The molecule has 0 heterocycles. The molecular weight excluding hydrogens is 250 g/mol. The number of rotatable bonds is 5. The normalized spacial score (nSPS) is 22.6. The predicted octanol–water partition coefficient (Wildman–Crippen LogP) is 4.01. The lowest BCUT2D eigenvalue weighted by atomic mass is 9.96. The van der Waals surface area contributed by atoms with Gasteiger partial charge in [-0.25, -0.2) is 8.78 Å². The zero-order chi connectivity index (χ0) is 14.2. The summed E-state index contributed by atoms with van der Waals surface area (Å²) in [6.45, 7) is 3.53. The molecule has 2 atom stereocenters. The van der Waals surface area contributed by atoms with Crippen LogP contribution < -0.4 is 0 Å². The van der Waals surface area contributed by atoms with Crippen molar-refractivity contribution in [3.8, 4) is 0 Å². The van der Waals surface area contributed by atoms with E-state index in [-0.39, 0.29) is 23.8 Å². The summed E-state index contributed by atoms with van der Waals surface area (Å²) in [5.74, 6) is -4.30. The lowest BCUT2D eigenvalue weighted by Crippen LogP contribution is -2.16. The molecule has 2 rings (SSSR count). The highest BCUT2D eigenvalue weighted by Gasteiger charge is 2.44. The molecule has 0 aromatic heterocycles. The fourth-order valence-electron chi connectivity index (χ4n) is 2.46. The van der Waals surface area contributed by atoms with Gasteiger partial charge in [-0.15, -0.1) is 0 Å². The first-order valence-corrected chi connectivity index (χ1v) is 6.52. The molecule has 2 unspecified atom stereocenters. The molecule has 1 aliphatic carbocycles. The van der Waals surface area contributed by atoms with Gasteiger partial charge in [-0.3, -0.25) is 4.79 Å². The van der Waals surface area contributed by atoms with Crippen molar-refractivity contribution in [3.63, 3.8) is 0 Å². The number of alkyl halides is 2. The summed E-state index contributed by atoms with van der Waals surface area (Å²) in [6, 6.07) is 6.22. The van der Waals surface area contributed by atoms with E-state index < -0.39 is 17.8 Å². The average Bonchev–Trinajstić information content (AvgIpc) is 3.07. The molecule has 1 saturated carbocycles. The fourth-order valence-corrected chi connectivity index (χ4v) is 2.46. The maximum atomic E-state index is 14.0. The molecule has 1 aliphatic rings. The SMILES string of the molecule is CC(C)CC(F)(F)c1cccc(C2CC2C(=O)O)c1. The van der Waals surface area contributed by atoms with Crippen molar-refractivity contribution >= 4 is 5.97 Å². The summed E-state index contributed by atoms with van der Waals surface area (Å²) >= 11 is 0. The Kier molecular flexibility index (Phi) is 3.61. The third-order valence-electron chi connectivity index (χ3n) is 3.51. The van der Waals surface area contributed by atoms with E-state index in [0.29, 0.717) is 12.0 Å². The van der Waals surface area contributed by atoms with Crippen molar-refractivity contribution < 1.29 is 18.7 Å². The van der Waals surface area contributed by atoms with Gasteiger partial charge < -0.3 is 5.11 Å². The summed E-state index contributed by atoms with van der Waals surface area (Å²) < 4.78 is 28.0. The minimum Gasteiger partial charge on any atom is -0.481 e. The van der Waals surface area contributed by atoms with E-state index in [9.17, 15) is 13.6 Å².